The maximum absolute atomic E-state index is 4.29. The number of aryl methyl sites for hydroxylation is 1. The molecule has 0 aromatic carbocycles. The summed E-state index contributed by atoms with van der Waals surface area (Å²) in [5.74, 6) is 0. The van der Waals surface area contributed by atoms with Crippen LogP contribution in [0.1, 0.15) is 42.1 Å². The zero-order valence-electron chi connectivity index (χ0n) is 9.36. The molecule has 0 spiro atoms. The third-order valence-electron chi connectivity index (χ3n) is 2.78. The lowest BCUT2D eigenvalue weighted by atomic mass is 10.0. The van der Waals surface area contributed by atoms with Crippen molar-refractivity contribution in [2.24, 2.45) is 0 Å². The average Bonchev–Trinajstić information content (AvgIpc) is 2.66. The van der Waals surface area contributed by atoms with E-state index in [1.54, 1.807) is 11.3 Å². The fourth-order valence-corrected chi connectivity index (χ4v) is 2.73. The predicted octanol–water partition coefficient (Wildman–Crippen LogP) is 3.21. The van der Waals surface area contributed by atoms with E-state index in [-0.39, 0.29) is 0 Å². The Labute approximate surface area is 95.4 Å². The molecule has 2 nitrogen and oxygen atoms in total. The van der Waals surface area contributed by atoms with Crippen LogP contribution in [-0.2, 0) is 0 Å². The van der Waals surface area contributed by atoms with Crippen LogP contribution in [0.25, 0.3) is 0 Å². The molecular weight excluding hydrogens is 204 g/mol. The van der Waals surface area contributed by atoms with E-state index in [0.717, 1.165) is 5.01 Å². The molecule has 1 aromatic rings. The van der Waals surface area contributed by atoms with Crippen molar-refractivity contribution < 1.29 is 0 Å². The van der Waals surface area contributed by atoms with Gasteiger partial charge in [-0.3, -0.25) is 0 Å². The maximum Gasteiger partial charge on any atom is 0.0897 e. The molecule has 15 heavy (non-hydrogen) atoms. The summed E-state index contributed by atoms with van der Waals surface area (Å²) in [4.78, 5) is 5.63. The zero-order valence-corrected chi connectivity index (χ0v) is 10.2. The molecule has 0 aliphatic heterocycles. The lowest BCUT2D eigenvalue weighted by Crippen LogP contribution is -2.30. The predicted molar refractivity (Wildman–Crippen MR) is 65.2 cm³/mol. The van der Waals surface area contributed by atoms with Crippen molar-refractivity contribution in [3.05, 3.63) is 28.2 Å². The minimum Gasteiger partial charge on any atom is -0.303 e. The van der Waals surface area contributed by atoms with Crippen molar-refractivity contribution in [2.45, 2.75) is 45.2 Å². The molecule has 2 atom stereocenters. The van der Waals surface area contributed by atoms with Crippen molar-refractivity contribution >= 4 is 11.3 Å². The standard InChI is InChI=1S/C12H18N2S/c1-9(12-8-13-10(2)15-12)14-11-6-4-3-5-7-11/h4,6,8-9,11,14H,3,5,7H2,1-2H3. The maximum atomic E-state index is 4.29. The quantitative estimate of drug-likeness (QED) is 0.794. The van der Waals surface area contributed by atoms with Crippen LogP contribution in [0.5, 0.6) is 0 Å². The van der Waals surface area contributed by atoms with Gasteiger partial charge in [0.1, 0.15) is 0 Å². The van der Waals surface area contributed by atoms with Crippen LogP contribution in [0, 0.1) is 6.92 Å². The molecule has 1 heterocycles. The van der Waals surface area contributed by atoms with Gasteiger partial charge in [-0.05, 0) is 33.1 Å². The number of rotatable bonds is 3. The van der Waals surface area contributed by atoms with Gasteiger partial charge in [-0.25, -0.2) is 4.98 Å². The number of allylic oxidation sites excluding steroid dienone is 1. The van der Waals surface area contributed by atoms with Crippen molar-refractivity contribution in [3.63, 3.8) is 0 Å². The van der Waals surface area contributed by atoms with Gasteiger partial charge in [-0.2, -0.15) is 0 Å². The number of aromatic nitrogens is 1. The monoisotopic (exact) mass is 222 g/mol. The Morgan fingerprint density at radius 3 is 3.07 bits per heavy atom. The van der Waals surface area contributed by atoms with Gasteiger partial charge in [-0.1, -0.05) is 12.2 Å². The van der Waals surface area contributed by atoms with Crippen LogP contribution in [0.15, 0.2) is 18.3 Å². The van der Waals surface area contributed by atoms with Crippen LogP contribution in [-0.4, -0.2) is 11.0 Å². The Balaban J connectivity index is 1.94. The van der Waals surface area contributed by atoms with Gasteiger partial charge in [0.05, 0.1) is 5.01 Å². The number of hydrogen-bond donors (Lipinski definition) is 1. The smallest absolute Gasteiger partial charge is 0.0897 e. The molecule has 1 aliphatic carbocycles. The van der Waals surface area contributed by atoms with Gasteiger partial charge >= 0.3 is 0 Å². The molecular formula is C12H18N2S. The SMILES string of the molecule is Cc1ncc(C(C)NC2C=CCCC2)s1. The lowest BCUT2D eigenvalue weighted by molar-refractivity contribution is 0.471. The van der Waals surface area contributed by atoms with E-state index >= 15 is 0 Å². The number of nitrogens with zero attached hydrogens (tertiary/aromatic N) is 1. The van der Waals surface area contributed by atoms with Crippen LogP contribution in [0.4, 0.5) is 0 Å². The molecule has 1 N–H and O–H groups in total. The van der Waals surface area contributed by atoms with E-state index in [1.807, 2.05) is 6.20 Å². The Morgan fingerprint density at radius 1 is 1.60 bits per heavy atom. The van der Waals surface area contributed by atoms with Gasteiger partial charge in [-0.15, -0.1) is 11.3 Å². The van der Waals surface area contributed by atoms with Crippen LogP contribution in [0.2, 0.25) is 0 Å². The summed E-state index contributed by atoms with van der Waals surface area (Å²) in [6.07, 6.45) is 10.4. The number of hydrogen-bond acceptors (Lipinski definition) is 3. The first-order valence-corrected chi connectivity index (χ1v) is 6.42. The molecule has 2 unspecified atom stereocenters. The minimum atomic E-state index is 0.420. The van der Waals surface area contributed by atoms with E-state index < -0.39 is 0 Å². The van der Waals surface area contributed by atoms with Gasteiger partial charge in [0.25, 0.3) is 0 Å². The topological polar surface area (TPSA) is 24.9 Å². The summed E-state index contributed by atoms with van der Waals surface area (Å²) in [6.45, 7) is 4.27. The summed E-state index contributed by atoms with van der Waals surface area (Å²) in [5.41, 5.74) is 0. The number of thiazole rings is 1. The van der Waals surface area contributed by atoms with E-state index in [1.165, 1.54) is 24.1 Å². The van der Waals surface area contributed by atoms with Crippen molar-refractivity contribution in [1.82, 2.24) is 10.3 Å². The average molecular weight is 222 g/mol. The molecule has 2 rings (SSSR count). The summed E-state index contributed by atoms with van der Waals surface area (Å²) >= 11 is 1.79. The summed E-state index contributed by atoms with van der Waals surface area (Å²) in [5, 5.41) is 4.78. The Hall–Kier alpha value is -0.670. The largest absolute Gasteiger partial charge is 0.303 e. The Morgan fingerprint density at radius 2 is 2.47 bits per heavy atom. The summed E-state index contributed by atoms with van der Waals surface area (Å²) < 4.78 is 0. The second-order valence-corrected chi connectivity index (χ2v) is 5.40. The third kappa shape index (κ3) is 2.89. The first-order valence-electron chi connectivity index (χ1n) is 5.61. The third-order valence-corrected chi connectivity index (χ3v) is 3.88. The van der Waals surface area contributed by atoms with E-state index in [4.69, 9.17) is 0 Å². The Kier molecular flexibility index (Phi) is 3.54. The van der Waals surface area contributed by atoms with E-state index in [9.17, 15) is 0 Å². The van der Waals surface area contributed by atoms with Crippen LogP contribution < -0.4 is 5.32 Å². The highest BCUT2D eigenvalue weighted by atomic mass is 32.1. The second kappa shape index (κ2) is 4.90. The Bertz CT molecular complexity index is 343. The van der Waals surface area contributed by atoms with Gasteiger partial charge < -0.3 is 5.32 Å². The van der Waals surface area contributed by atoms with Gasteiger partial charge in [0.2, 0.25) is 0 Å². The molecule has 3 heteroatoms. The van der Waals surface area contributed by atoms with E-state index in [2.05, 4.69) is 36.3 Å². The summed E-state index contributed by atoms with van der Waals surface area (Å²) in [7, 11) is 0. The fourth-order valence-electron chi connectivity index (χ4n) is 1.93. The highest BCUT2D eigenvalue weighted by Crippen LogP contribution is 2.22. The van der Waals surface area contributed by atoms with Crippen molar-refractivity contribution in [3.8, 4) is 0 Å². The highest BCUT2D eigenvalue weighted by Gasteiger charge is 2.14. The van der Waals surface area contributed by atoms with Gasteiger partial charge in [0, 0.05) is 23.2 Å². The van der Waals surface area contributed by atoms with Crippen molar-refractivity contribution in [1.29, 1.82) is 0 Å². The molecule has 0 saturated carbocycles. The van der Waals surface area contributed by atoms with Crippen molar-refractivity contribution in [2.75, 3.05) is 0 Å². The van der Waals surface area contributed by atoms with Gasteiger partial charge in [0.15, 0.2) is 0 Å². The normalized spacial score (nSPS) is 22.9. The van der Waals surface area contributed by atoms with E-state index in [0.29, 0.717) is 12.1 Å². The fraction of sp³-hybridized carbons (Fsp3) is 0.583. The lowest BCUT2D eigenvalue weighted by Gasteiger charge is -2.21. The molecule has 0 saturated heterocycles. The molecule has 0 amide bonds. The molecule has 0 radical (unpaired) electrons. The molecule has 82 valence electrons. The number of nitrogens with one attached hydrogen (secondary N) is 1. The first-order chi connectivity index (χ1) is 7.25. The highest BCUT2D eigenvalue weighted by molar-refractivity contribution is 7.11. The second-order valence-electron chi connectivity index (χ2n) is 4.14. The van der Waals surface area contributed by atoms with Crippen LogP contribution >= 0.6 is 11.3 Å². The molecule has 1 aromatic heterocycles. The minimum absolute atomic E-state index is 0.420. The molecule has 1 aliphatic rings. The molecule has 0 bridgehead atoms. The molecule has 0 fully saturated rings. The zero-order chi connectivity index (χ0) is 10.7. The first kappa shape index (κ1) is 10.8. The summed E-state index contributed by atoms with van der Waals surface area (Å²) in [6, 6.07) is 0.972. The van der Waals surface area contributed by atoms with Crippen LogP contribution in [0.3, 0.4) is 0 Å².